The summed E-state index contributed by atoms with van der Waals surface area (Å²) in [5.74, 6) is -0.174. The Morgan fingerprint density at radius 1 is 1.37 bits per heavy atom. The normalized spacial score (nSPS) is 14.5. The summed E-state index contributed by atoms with van der Waals surface area (Å²) < 4.78 is 41.8. The second-order valence-electron chi connectivity index (χ2n) is 6.99. The number of hydrogen-bond acceptors (Lipinski definition) is 5. The number of alkyl halides is 3. The molecule has 160 valence electrons. The first-order valence-electron chi connectivity index (χ1n) is 9.35. The van der Waals surface area contributed by atoms with Gasteiger partial charge in [-0.05, 0) is 31.5 Å². The molecular formula is C20H21F3N4O3. The molecule has 0 saturated heterocycles. The number of carbonyl (C=O) groups is 2. The molecule has 0 saturated carbocycles. The van der Waals surface area contributed by atoms with Gasteiger partial charge in [0.2, 0.25) is 11.8 Å². The van der Waals surface area contributed by atoms with Crippen molar-refractivity contribution in [3.8, 4) is 5.88 Å². The van der Waals surface area contributed by atoms with E-state index in [0.29, 0.717) is 28.1 Å². The number of rotatable bonds is 6. The fourth-order valence-corrected chi connectivity index (χ4v) is 3.18. The third-order valence-corrected chi connectivity index (χ3v) is 4.83. The number of hydrogen-bond donors (Lipinski definition) is 1. The van der Waals surface area contributed by atoms with Gasteiger partial charge in [-0.1, -0.05) is 6.92 Å². The highest BCUT2D eigenvalue weighted by atomic mass is 19.4. The van der Waals surface area contributed by atoms with E-state index in [1.54, 1.807) is 37.8 Å². The SMILES string of the molecule is CCC(=O)Nc1nccc2c1CN(C(C)c1cnc(OCC(F)(F)F)c(C)c1)C2=O. The van der Waals surface area contributed by atoms with E-state index in [1.807, 2.05) is 0 Å². The molecule has 10 heteroatoms. The number of halogens is 3. The molecule has 1 unspecified atom stereocenters. The van der Waals surface area contributed by atoms with E-state index in [9.17, 15) is 22.8 Å². The van der Waals surface area contributed by atoms with Gasteiger partial charge in [0.05, 0.1) is 12.6 Å². The van der Waals surface area contributed by atoms with Gasteiger partial charge in [-0.25, -0.2) is 9.97 Å². The molecule has 0 fully saturated rings. The molecular weight excluding hydrogens is 401 g/mol. The molecule has 1 atom stereocenters. The molecule has 2 aromatic rings. The monoisotopic (exact) mass is 422 g/mol. The summed E-state index contributed by atoms with van der Waals surface area (Å²) in [7, 11) is 0. The van der Waals surface area contributed by atoms with Gasteiger partial charge in [-0.15, -0.1) is 0 Å². The first kappa shape index (κ1) is 21.5. The number of ether oxygens (including phenoxy) is 1. The quantitative estimate of drug-likeness (QED) is 0.766. The number of aryl methyl sites for hydroxylation is 1. The van der Waals surface area contributed by atoms with Crippen LogP contribution in [0, 0.1) is 6.92 Å². The first-order valence-corrected chi connectivity index (χ1v) is 9.35. The number of pyridine rings is 2. The van der Waals surface area contributed by atoms with Crippen molar-refractivity contribution in [3.05, 3.63) is 46.8 Å². The Morgan fingerprint density at radius 3 is 2.73 bits per heavy atom. The summed E-state index contributed by atoms with van der Waals surface area (Å²) in [6.07, 6.45) is -1.30. The van der Waals surface area contributed by atoms with Crippen LogP contribution in [0.3, 0.4) is 0 Å². The third kappa shape index (κ3) is 4.52. The molecule has 0 aromatic carbocycles. The van der Waals surface area contributed by atoms with Crippen LogP contribution in [0.25, 0.3) is 0 Å². The highest BCUT2D eigenvalue weighted by Crippen LogP contribution is 2.34. The predicted molar refractivity (Wildman–Crippen MR) is 102 cm³/mol. The van der Waals surface area contributed by atoms with E-state index in [-0.39, 0.29) is 30.7 Å². The van der Waals surface area contributed by atoms with Crippen molar-refractivity contribution in [2.45, 2.75) is 46.0 Å². The molecule has 30 heavy (non-hydrogen) atoms. The standard InChI is InChI=1S/C20H21F3N4O3/c1-4-16(28)26-17-15-9-27(19(29)14(15)5-6-24-17)12(3)13-7-11(2)18(25-8-13)30-10-20(21,22)23/h5-8,12H,4,9-10H2,1-3H3,(H,24,26,28). The molecule has 3 rings (SSSR count). The highest BCUT2D eigenvalue weighted by Gasteiger charge is 2.34. The van der Waals surface area contributed by atoms with Gasteiger partial charge in [0.25, 0.3) is 5.91 Å². The van der Waals surface area contributed by atoms with E-state index in [1.165, 1.54) is 12.4 Å². The second-order valence-corrected chi connectivity index (χ2v) is 6.99. The average Bonchev–Trinajstić information content (AvgIpc) is 3.03. The Morgan fingerprint density at radius 2 is 2.10 bits per heavy atom. The molecule has 0 spiro atoms. The number of fused-ring (bicyclic) bond motifs is 1. The van der Waals surface area contributed by atoms with Crippen LogP contribution < -0.4 is 10.1 Å². The molecule has 1 aliphatic rings. The summed E-state index contributed by atoms with van der Waals surface area (Å²) in [5.41, 5.74) is 2.18. The van der Waals surface area contributed by atoms with E-state index in [4.69, 9.17) is 4.74 Å². The largest absolute Gasteiger partial charge is 0.468 e. The Kier molecular flexibility index (Phi) is 5.95. The lowest BCUT2D eigenvalue weighted by molar-refractivity contribution is -0.154. The maximum Gasteiger partial charge on any atom is 0.422 e. The summed E-state index contributed by atoms with van der Waals surface area (Å²) >= 11 is 0. The Balaban J connectivity index is 1.80. The van der Waals surface area contributed by atoms with Gasteiger partial charge in [-0.2, -0.15) is 13.2 Å². The van der Waals surface area contributed by atoms with Gasteiger partial charge >= 0.3 is 6.18 Å². The Hall–Kier alpha value is -3.17. The van der Waals surface area contributed by atoms with Crippen LogP contribution in [0.5, 0.6) is 5.88 Å². The average molecular weight is 422 g/mol. The molecule has 2 amide bonds. The van der Waals surface area contributed by atoms with Crippen molar-refractivity contribution in [3.63, 3.8) is 0 Å². The first-order chi connectivity index (χ1) is 14.1. The topological polar surface area (TPSA) is 84.4 Å². The zero-order valence-electron chi connectivity index (χ0n) is 16.7. The number of amides is 2. The van der Waals surface area contributed by atoms with Crippen LogP contribution in [0.1, 0.15) is 53.4 Å². The van der Waals surface area contributed by atoms with E-state index in [2.05, 4.69) is 15.3 Å². The Labute approximate surface area is 171 Å². The van der Waals surface area contributed by atoms with Crippen LogP contribution in [0.15, 0.2) is 24.5 Å². The Bertz CT molecular complexity index is 978. The minimum absolute atomic E-state index is 0.104. The molecule has 0 bridgehead atoms. The van der Waals surface area contributed by atoms with Crippen LogP contribution in [-0.2, 0) is 11.3 Å². The van der Waals surface area contributed by atoms with Crippen molar-refractivity contribution in [2.24, 2.45) is 0 Å². The smallest absolute Gasteiger partial charge is 0.422 e. The highest BCUT2D eigenvalue weighted by molar-refractivity contribution is 6.01. The second kappa shape index (κ2) is 8.29. The predicted octanol–water partition coefficient (Wildman–Crippen LogP) is 3.79. The fourth-order valence-electron chi connectivity index (χ4n) is 3.18. The van der Waals surface area contributed by atoms with Gasteiger partial charge in [-0.3, -0.25) is 9.59 Å². The maximum absolute atomic E-state index is 12.9. The number of anilines is 1. The zero-order valence-corrected chi connectivity index (χ0v) is 16.7. The molecule has 1 aliphatic heterocycles. The summed E-state index contributed by atoms with van der Waals surface area (Å²) in [6, 6.07) is 2.85. The summed E-state index contributed by atoms with van der Waals surface area (Å²) in [5, 5.41) is 2.70. The number of nitrogens with one attached hydrogen (secondary N) is 1. The summed E-state index contributed by atoms with van der Waals surface area (Å²) in [4.78, 5) is 34.4. The lowest BCUT2D eigenvalue weighted by atomic mass is 10.1. The molecule has 1 N–H and O–H groups in total. The molecule has 3 heterocycles. The third-order valence-electron chi connectivity index (χ3n) is 4.83. The van der Waals surface area contributed by atoms with Crippen molar-refractivity contribution < 1.29 is 27.5 Å². The molecule has 0 aliphatic carbocycles. The van der Waals surface area contributed by atoms with Gasteiger partial charge in [0, 0.05) is 35.5 Å². The number of carbonyl (C=O) groups excluding carboxylic acids is 2. The lowest BCUT2D eigenvalue weighted by Gasteiger charge is -2.25. The maximum atomic E-state index is 12.9. The minimum Gasteiger partial charge on any atom is -0.468 e. The number of nitrogens with zero attached hydrogens (tertiary/aromatic N) is 3. The van der Waals surface area contributed by atoms with Gasteiger partial charge in [0.15, 0.2) is 6.61 Å². The van der Waals surface area contributed by atoms with Gasteiger partial charge < -0.3 is 15.0 Å². The zero-order chi connectivity index (χ0) is 22.1. The van der Waals surface area contributed by atoms with Crippen molar-refractivity contribution >= 4 is 17.6 Å². The molecule has 0 radical (unpaired) electrons. The summed E-state index contributed by atoms with van der Waals surface area (Å²) in [6.45, 7) is 3.93. The molecule has 2 aromatic heterocycles. The van der Waals surface area contributed by atoms with Crippen molar-refractivity contribution in [1.82, 2.24) is 14.9 Å². The van der Waals surface area contributed by atoms with Crippen molar-refractivity contribution in [2.75, 3.05) is 11.9 Å². The van der Waals surface area contributed by atoms with Crippen LogP contribution >= 0.6 is 0 Å². The minimum atomic E-state index is -4.45. The van der Waals surface area contributed by atoms with E-state index in [0.717, 1.165) is 0 Å². The van der Waals surface area contributed by atoms with Gasteiger partial charge in [0.1, 0.15) is 5.82 Å². The lowest BCUT2D eigenvalue weighted by Crippen LogP contribution is -2.27. The number of aromatic nitrogens is 2. The van der Waals surface area contributed by atoms with E-state index < -0.39 is 18.8 Å². The molecule has 7 nitrogen and oxygen atoms in total. The van der Waals surface area contributed by atoms with Crippen LogP contribution in [-0.4, -0.2) is 39.5 Å². The van der Waals surface area contributed by atoms with Crippen molar-refractivity contribution in [1.29, 1.82) is 0 Å². The van der Waals surface area contributed by atoms with Crippen LogP contribution in [0.4, 0.5) is 19.0 Å². The fraction of sp³-hybridized carbons (Fsp3) is 0.400. The van der Waals surface area contributed by atoms with E-state index >= 15 is 0 Å². The van der Waals surface area contributed by atoms with Crippen LogP contribution in [0.2, 0.25) is 0 Å².